The number of rotatable bonds is 3. The van der Waals surface area contributed by atoms with E-state index in [-0.39, 0.29) is 5.92 Å². The summed E-state index contributed by atoms with van der Waals surface area (Å²) in [5.74, 6) is 1.92. The lowest BCUT2D eigenvalue weighted by molar-refractivity contribution is 0.282. The van der Waals surface area contributed by atoms with Crippen molar-refractivity contribution in [2.45, 2.75) is 12.5 Å². The van der Waals surface area contributed by atoms with Crippen molar-refractivity contribution in [3.05, 3.63) is 77.7 Å². The van der Waals surface area contributed by atoms with Crippen LogP contribution in [-0.4, -0.2) is 35.8 Å². The van der Waals surface area contributed by atoms with E-state index in [9.17, 15) is 0 Å². The van der Waals surface area contributed by atoms with Crippen LogP contribution < -0.4 is 4.74 Å². The Morgan fingerprint density at radius 3 is 2.86 bits per heavy atom. The molecular weight excluding hydrogens is 350 g/mol. The van der Waals surface area contributed by atoms with Crippen molar-refractivity contribution in [2.24, 2.45) is 0 Å². The second-order valence-electron chi connectivity index (χ2n) is 7.30. The van der Waals surface area contributed by atoms with Crippen LogP contribution in [0.15, 0.2) is 65.2 Å². The van der Waals surface area contributed by atoms with E-state index in [1.165, 1.54) is 11.1 Å². The smallest absolute Gasteiger partial charge is 0.176 e. The molecule has 140 valence electrons. The quantitative estimate of drug-likeness (QED) is 0.532. The Morgan fingerprint density at radius 1 is 1.11 bits per heavy atom. The summed E-state index contributed by atoms with van der Waals surface area (Å²) in [6, 6.07) is 18.6. The Hall–Kier alpha value is -3.18. The third kappa shape index (κ3) is 2.84. The predicted octanol–water partition coefficient (Wildman–Crippen LogP) is 4.48. The molecule has 2 aromatic heterocycles. The zero-order valence-electron chi connectivity index (χ0n) is 15.9. The van der Waals surface area contributed by atoms with Crippen molar-refractivity contribution in [1.29, 1.82) is 0 Å². The summed E-state index contributed by atoms with van der Waals surface area (Å²) in [6.07, 6.45) is 1.70. The number of benzene rings is 2. The molecule has 0 N–H and O–H groups in total. The molecule has 3 heterocycles. The first kappa shape index (κ1) is 17.0. The van der Waals surface area contributed by atoms with Gasteiger partial charge in [0, 0.05) is 30.2 Å². The summed E-state index contributed by atoms with van der Waals surface area (Å²) in [7, 11) is 3.82. The first-order chi connectivity index (χ1) is 13.7. The molecule has 5 nitrogen and oxygen atoms in total. The average Bonchev–Trinajstić information content (AvgIpc) is 3.17. The number of para-hydroxylation sites is 1. The molecule has 1 atom stereocenters. The molecule has 2 aromatic carbocycles. The molecule has 1 aliphatic rings. The maximum absolute atomic E-state index is 6.28. The average molecular weight is 371 g/mol. The number of furan rings is 1. The molecule has 5 rings (SSSR count). The van der Waals surface area contributed by atoms with Crippen LogP contribution in [0.4, 0.5) is 0 Å². The highest BCUT2D eigenvalue weighted by molar-refractivity contribution is 5.84. The number of ether oxygens (including phenoxy) is 1. The fourth-order valence-electron chi connectivity index (χ4n) is 4.09. The first-order valence-electron chi connectivity index (χ1n) is 9.39. The lowest BCUT2D eigenvalue weighted by atomic mass is 9.86. The molecule has 1 aliphatic heterocycles. The molecular formula is C23H21N3O2. The minimum absolute atomic E-state index is 0.182. The SMILES string of the molecule is COc1cccc2cc(C3CN(C)Cc4cc(-c5cccnn5)ccc43)oc12. The largest absolute Gasteiger partial charge is 0.493 e. The van der Waals surface area contributed by atoms with Gasteiger partial charge in [-0.3, -0.25) is 0 Å². The summed E-state index contributed by atoms with van der Waals surface area (Å²) in [5, 5.41) is 9.32. The van der Waals surface area contributed by atoms with Crippen LogP contribution in [0, 0.1) is 0 Å². The number of methoxy groups -OCH3 is 1. The zero-order chi connectivity index (χ0) is 19.1. The molecule has 0 spiro atoms. The highest BCUT2D eigenvalue weighted by Crippen LogP contribution is 2.39. The third-order valence-electron chi connectivity index (χ3n) is 5.41. The van der Waals surface area contributed by atoms with Crippen LogP contribution in [0.25, 0.3) is 22.2 Å². The van der Waals surface area contributed by atoms with Crippen molar-refractivity contribution in [3.8, 4) is 17.0 Å². The van der Waals surface area contributed by atoms with Gasteiger partial charge < -0.3 is 14.1 Å². The highest BCUT2D eigenvalue weighted by Gasteiger charge is 2.28. The molecule has 0 amide bonds. The van der Waals surface area contributed by atoms with Gasteiger partial charge in [0.1, 0.15) is 5.76 Å². The first-order valence-corrected chi connectivity index (χ1v) is 9.39. The molecule has 5 heteroatoms. The number of nitrogens with zero attached hydrogens (tertiary/aromatic N) is 3. The number of hydrogen-bond donors (Lipinski definition) is 0. The van der Waals surface area contributed by atoms with E-state index in [0.717, 1.165) is 46.8 Å². The van der Waals surface area contributed by atoms with Gasteiger partial charge in [-0.15, -0.1) is 0 Å². The molecule has 0 saturated heterocycles. The van der Waals surface area contributed by atoms with Crippen molar-refractivity contribution >= 4 is 11.0 Å². The number of fused-ring (bicyclic) bond motifs is 2. The minimum atomic E-state index is 0.182. The van der Waals surface area contributed by atoms with Crippen LogP contribution in [0.1, 0.15) is 22.8 Å². The Morgan fingerprint density at radius 2 is 2.04 bits per heavy atom. The van der Waals surface area contributed by atoms with Gasteiger partial charge in [-0.25, -0.2) is 0 Å². The van der Waals surface area contributed by atoms with E-state index in [1.807, 2.05) is 24.3 Å². The molecule has 0 bridgehead atoms. The summed E-state index contributed by atoms with van der Waals surface area (Å²) in [5.41, 5.74) is 5.40. The maximum atomic E-state index is 6.28. The van der Waals surface area contributed by atoms with Crippen LogP contribution >= 0.6 is 0 Å². The van der Waals surface area contributed by atoms with E-state index in [1.54, 1.807) is 13.3 Å². The second-order valence-corrected chi connectivity index (χ2v) is 7.30. The van der Waals surface area contributed by atoms with Crippen LogP contribution in [0.3, 0.4) is 0 Å². The molecule has 28 heavy (non-hydrogen) atoms. The maximum Gasteiger partial charge on any atom is 0.176 e. The van der Waals surface area contributed by atoms with Gasteiger partial charge in [-0.2, -0.15) is 10.2 Å². The van der Waals surface area contributed by atoms with Gasteiger partial charge in [0.05, 0.1) is 18.7 Å². The summed E-state index contributed by atoms with van der Waals surface area (Å²) in [6.45, 7) is 1.82. The van der Waals surface area contributed by atoms with Gasteiger partial charge in [0.25, 0.3) is 0 Å². The highest BCUT2D eigenvalue weighted by atomic mass is 16.5. The van der Waals surface area contributed by atoms with Crippen LogP contribution in [0.2, 0.25) is 0 Å². The third-order valence-corrected chi connectivity index (χ3v) is 5.41. The number of hydrogen-bond acceptors (Lipinski definition) is 5. The van der Waals surface area contributed by atoms with Gasteiger partial charge in [0.15, 0.2) is 11.3 Å². The molecule has 0 saturated carbocycles. The van der Waals surface area contributed by atoms with E-state index in [2.05, 4.69) is 52.5 Å². The van der Waals surface area contributed by atoms with E-state index in [0.29, 0.717) is 0 Å². The normalized spacial score (nSPS) is 16.9. The van der Waals surface area contributed by atoms with Gasteiger partial charge in [-0.1, -0.05) is 24.3 Å². The van der Waals surface area contributed by atoms with Crippen LogP contribution in [-0.2, 0) is 6.54 Å². The van der Waals surface area contributed by atoms with Gasteiger partial charge in [-0.05, 0) is 48.5 Å². The Balaban J connectivity index is 1.59. The van der Waals surface area contributed by atoms with Crippen molar-refractivity contribution < 1.29 is 9.15 Å². The zero-order valence-corrected chi connectivity index (χ0v) is 15.9. The van der Waals surface area contributed by atoms with Crippen molar-refractivity contribution in [2.75, 3.05) is 20.7 Å². The van der Waals surface area contributed by atoms with E-state index >= 15 is 0 Å². The van der Waals surface area contributed by atoms with E-state index in [4.69, 9.17) is 9.15 Å². The van der Waals surface area contributed by atoms with Gasteiger partial charge >= 0.3 is 0 Å². The summed E-state index contributed by atoms with van der Waals surface area (Å²) < 4.78 is 11.7. The van der Waals surface area contributed by atoms with E-state index < -0.39 is 0 Å². The predicted molar refractivity (Wildman–Crippen MR) is 108 cm³/mol. The monoisotopic (exact) mass is 371 g/mol. The topological polar surface area (TPSA) is 51.4 Å². The molecule has 0 aliphatic carbocycles. The Labute approximate surface area is 163 Å². The van der Waals surface area contributed by atoms with Crippen LogP contribution in [0.5, 0.6) is 5.75 Å². The Kier molecular flexibility index (Phi) is 4.10. The van der Waals surface area contributed by atoms with Gasteiger partial charge in [0.2, 0.25) is 0 Å². The second kappa shape index (κ2) is 6.77. The molecule has 0 radical (unpaired) electrons. The lowest BCUT2D eigenvalue weighted by Crippen LogP contribution is -2.30. The molecule has 1 unspecified atom stereocenters. The molecule has 4 aromatic rings. The Bertz CT molecular complexity index is 1140. The number of aromatic nitrogens is 2. The van der Waals surface area contributed by atoms with Crippen molar-refractivity contribution in [3.63, 3.8) is 0 Å². The fourth-order valence-corrected chi connectivity index (χ4v) is 4.09. The van der Waals surface area contributed by atoms with Crippen molar-refractivity contribution in [1.82, 2.24) is 15.1 Å². The standard InChI is InChI=1S/C23H21N3O2/c1-26-13-17-11-15(20-6-4-10-24-25-20)8-9-18(17)19(14-26)22-12-16-5-3-7-21(27-2)23(16)28-22/h3-12,19H,13-14H2,1-2H3. The summed E-state index contributed by atoms with van der Waals surface area (Å²) >= 11 is 0. The number of likely N-dealkylation sites (N-methyl/N-ethyl adjacent to an activating group) is 1. The summed E-state index contributed by atoms with van der Waals surface area (Å²) in [4.78, 5) is 2.33. The fraction of sp³-hybridized carbons (Fsp3) is 0.217. The molecule has 0 fully saturated rings. The lowest BCUT2D eigenvalue weighted by Gasteiger charge is -2.31. The minimum Gasteiger partial charge on any atom is -0.493 e.